The molecule has 122 valence electrons. The molecule has 1 aromatic rings. The van der Waals surface area contributed by atoms with Gasteiger partial charge in [-0.3, -0.25) is 9.59 Å². The number of alkyl halides is 3. The Morgan fingerprint density at radius 2 is 1.95 bits per heavy atom. The van der Waals surface area contributed by atoms with Gasteiger partial charge in [0.2, 0.25) is 11.8 Å². The van der Waals surface area contributed by atoms with Crippen LogP contribution >= 0.6 is 0 Å². The van der Waals surface area contributed by atoms with Crippen LogP contribution in [0.4, 0.5) is 13.2 Å². The summed E-state index contributed by atoms with van der Waals surface area (Å²) in [5.41, 5.74) is 4.17. The van der Waals surface area contributed by atoms with Gasteiger partial charge in [-0.1, -0.05) is 18.2 Å². The summed E-state index contributed by atoms with van der Waals surface area (Å²) < 4.78 is 43.6. The maximum absolute atomic E-state index is 12.9. The lowest BCUT2D eigenvalue weighted by Crippen LogP contribution is -2.47. The van der Waals surface area contributed by atoms with Crippen LogP contribution in [0.15, 0.2) is 24.3 Å². The maximum Gasteiger partial charge on any atom is 0.416 e. The van der Waals surface area contributed by atoms with Gasteiger partial charge in [-0.25, -0.2) is 0 Å². The van der Waals surface area contributed by atoms with Crippen molar-refractivity contribution in [1.82, 2.24) is 5.32 Å². The summed E-state index contributed by atoms with van der Waals surface area (Å²) in [5, 5.41) is 2.27. The van der Waals surface area contributed by atoms with Crippen LogP contribution in [0.25, 0.3) is 0 Å². The number of halogens is 3. The highest BCUT2D eigenvalue weighted by Crippen LogP contribution is 2.32. The van der Waals surface area contributed by atoms with Gasteiger partial charge in [-0.05, 0) is 18.6 Å². The third-order valence-corrected chi connectivity index (χ3v) is 2.86. The van der Waals surface area contributed by atoms with E-state index in [1.165, 1.54) is 18.2 Å². The number of ether oxygens (including phenoxy) is 1. The minimum atomic E-state index is -4.55. The molecule has 0 bridgehead atoms. The molecule has 0 spiro atoms. The number of benzene rings is 1. The Morgan fingerprint density at radius 3 is 2.50 bits per heavy atom. The van der Waals surface area contributed by atoms with Gasteiger partial charge in [0, 0.05) is 13.0 Å². The van der Waals surface area contributed by atoms with E-state index in [2.05, 4.69) is 5.32 Å². The van der Waals surface area contributed by atoms with Crippen LogP contribution in [0.3, 0.4) is 0 Å². The molecular weight excluding hydrogens is 301 g/mol. The van der Waals surface area contributed by atoms with E-state index in [0.717, 1.165) is 6.07 Å². The second-order valence-electron chi connectivity index (χ2n) is 4.52. The second-order valence-corrected chi connectivity index (χ2v) is 4.52. The van der Waals surface area contributed by atoms with Crippen molar-refractivity contribution in [2.24, 2.45) is 5.73 Å². The van der Waals surface area contributed by atoms with Crippen molar-refractivity contribution in [1.29, 1.82) is 0 Å². The van der Waals surface area contributed by atoms with Gasteiger partial charge in [0.05, 0.1) is 5.56 Å². The van der Waals surface area contributed by atoms with E-state index >= 15 is 0 Å². The topological polar surface area (TPSA) is 81.4 Å². The summed E-state index contributed by atoms with van der Waals surface area (Å²) in [6.45, 7) is 1.69. The van der Waals surface area contributed by atoms with E-state index in [1.54, 1.807) is 6.92 Å². The predicted octanol–water partition coefficient (Wildman–Crippen LogP) is 1.25. The van der Waals surface area contributed by atoms with E-state index in [-0.39, 0.29) is 18.6 Å². The first-order valence-corrected chi connectivity index (χ1v) is 6.57. The van der Waals surface area contributed by atoms with Crippen LogP contribution < -0.4 is 11.1 Å². The molecule has 0 heterocycles. The molecule has 0 unspecified atom stereocenters. The molecule has 0 saturated heterocycles. The van der Waals surface area contributed by atoms with Crippen molar-refractivity contribution in [3.05, 3.63) is 35.4 Å². The molecule has 0 aliphatic heterocycles. The SMILES string of the molecule is CCOCC(=O)N[C@@H](Cc1ccccc1C(F)(F)F)C(N)=O. The van der Waals surface area contributed by atoms with E-state index < -0.39 is 29.6 Å². The van der Waals surface area contributed by atoms with Gasteiger partial charge in [0.15, 0.2) is 0 Å². The normalized spacial score (nSPS) is 12.7. The smallest absolute Gasteiger partial charge is 0.372 e. The third kappa shape index (κ3) is 5.36. The Bertz CT molecular complexity index is 532. The standard InChI is InChI=1S/C14H17F3N2O3/c1-2-22-8-12(20)19-11(13(18)21)7-9-5-3-4-6-10(9)14(15,16)17/h3-6,11H,2,7-8H2,1H3,(H2,18,21)(H,19,20)/t11-/m0/s1. The zero-order chi connectivity index (χ0) is 16.8. The first kappa shape index (κ1) is 18.0. The summed E-state index contributed by atoms with van der Waals surface area (Å²) in [7, 11) is 0. The van der Waals surface area contributed by atoms with Gasteiger partial charge in [-0.15, -0.1) is 0 Å². The Labute approximate surface area is 125 Å². The van der Waals surface area contributed by atoms with Crippen LogP contribution in [0.2, 0.25) is 0 Å². The number of primary amides is 1. The van der Waals surface area contributed by atoms with Crippen molar-refractivity contribution in [2.75, 3.05) is 13.2 Å². The van der Waals surface area contributed by atoms with E-state index in [1.807, 2.05) is 0 Å². The molecule has 2 amide bonds. The molecule has 0 saturated carbocycles. The lowest BCUT2D eigenvalue weighted by atomic mass is 9.99. The monoisotopic (exact) mass is 318 g/mol. The fraction of sp³-hybridized carbons (Fsp3) is 0.429. The van der Waals surface area contributed by atoms with Crippen LogP contribution in [0.1, 0.15) is 18.1 Å². The van der Waals surface area contributed by atoms with Crippen molar-refractivity contribution < 1.29 is 27.5 Å². The van der Waals surface area contributed by atoms with Gasteiger partial charge >= 0.3 is 6.18 Å². The first-order valence-electron chi connectivity index (χ1n) is 6.57. The molecule has 0 fully saturated rings. The van der Waals surface area contributed by atoms with Gasteiger partial charge in [0.1, 0.15) is 12.6 Å². The summed E-state index contributed by atoms with van der Waals surface area (Å²) in [6, 6.07) is 3.59. The van der Waals surface area contributed by atoms with Crippen LogP contribution in [0.5, 0.6) is 0 Å². The number of rotatable bonds is 7. The quantitative estimate of drug-likeness (QED) is 0.794. The number of hydrogen-bond donors (Lipinski definition) is 2. The average molecular weight is 318 g/mol. The Kier molecular flexibility index (Phi) is 6.36. The number of carbonyl (C=O) groups is 2. The highest BCUT2D eigenvalue weighted by molar-refractivity contribution is 5.87. The molecule has 5 nitrogen and oxygen atoms in total. The van der Waals surface area contributed by atoms with Crippen LogP contribution in [-0.4, -0.2) is 31.1 Å². The van der Waals surface area contributed by atoms with Crippen molar-refractivity contribution in [3.8, 4) is 0 Å². The van der Waals surface area contributed by atoms with Crippen LogP contribution in [-0.2, 0) is 26.9 Å². The molecule has 3 N–H and O–H groups in total. The van der Waals surface area contributed by atoms with Crippen molar-refractivity contribution in [2.45, 2.75) is 25.6 Å². The fourth-order valence-electron chi connectivity index (χ4n) is 1.85. The Balaban J connectivity index is 2.89. The van der Waals surface area contributed by atoms with E-state index in [0.29, 0.717) is 6.61 Å². The van der Waals surface area contributed by atoms with Crippen molar-refractivity contribution in [3.63, 3.8) is 0 Å². The molecule has 1 aromatic carbocycles. The van der Waals surface area contributed by atoms with E-state index in [9.17, 15) is 22.8 Å². The summed E-state index contributed by atoms with van der Waals surface area (Å²) in [5.74, 6) is -1.53. The Hall–Kier alpha value is -2.09. The zero-order valence-corrected chi connectivity index (χ0v) is 11.9. The largest absolute Gasteiger partial charge is 0.416 e. The van der Waals surface area contributed by atoms with Gasteiger partial charge < -0.3 is 15.8 Å². The zero-order valence-electron chi connectivity index (χ0n) is 11.9. The minimum Gasteiger partial charge on any atom is -0.372 e. The van der Waals surface area contributed by atoms with Gasteiger partial charge in [-0.2, -0.15) is 13.2 Å². The molecule has 0 aromatic heterocycles. The number of hydrogen-bond acceptors (Lipinski definition) is 3. The molecule has 0 radical (unpaired) electrons. The molecule has 0 aliphatic rings. The molecule has 0 aliphatic carbocycles. The highest BCUT2D eigenvalue weighted by Gasteiger charge is 2.34. The Morgan fingerprint density at radius 1 is 1.32 bits per heavy atom. The minimum absolute atomic E-state index is 0.115. The van der Waals surface area contributed by atoms with E-state index in [4.69, 9.17) is 10.5 Å². The summed E-state index contributed by atoms with van der Waals surface area (Å²) in [6.07, 6.45) is -4.89. The maximum atomic E-state index is 12.9. The molecule has 22 heavy (non-hydrogen) atoms. The summed E-state index contributed by atoms with van der Waals surface area (Å²) in [4.78, 5) is 22.9. The van der Waals surface area contributed by atoms with Crippen molar-refractivity contribution >= 4 is 11.8 Å². The lowest BCUT2D eigenvalue weighted by Gasteiger charge is -2.18. The number of amides is 2. The van der Waals surface area contributed by atoms with Gasteiger partial charge in [0.25, 0.3) is 0 Å². The predicted molar refractivity (Wildman–Crippen MR) is 72.8 cm³/mol. The number of nitrogens with two attached hydrogens (primary N) is 1. The highest BCUT2D eigenvalue weighted by atomic mass is 19.4. The molecular formula is C14H17F3N2O3. The molecule has 1 rings (SSSR count). The second kappa shape index (κ2) is 7.79. The molecule has 8 heteroatoms. The average Bonchev–Trinajstić information content (AvgIpc) is 2.43. The number of nitrogens with one attached hydrogen (secondary N) is 1. The third-order valence-electron chi connectivity index (χ3n) is 2.86. The number of carbonyl (C=O) groups excluding carboxylic acids is 2. The van der Waals surface area contributed by atoms with Crippen LogP contribution in [0, 0.1) is 0 Å². The molecule has 1 atom stereocenters. The lowest BCUT2D eigenvalue weighted by molar-refractivity contribution is -0.138. The fourth-order valence-corrected chi connectivity index (χ4v) is 1.85. The first-order chi connectivity index (χ1) is 10.3. The summed E-state index contributed by atoms with van der Waals surface area (Å²) >= 11 is 0.